The lowest BCUT2D eigenvalue weighted by molar-refractivity contribution is -0.137. The number of carbonyl (C=O) groups excluding carboxylic acids is 1. The zero-order valence-electron chi connectivity index (χ0n) is 10.6. The monoisotopic (exact) mass is 285 g/mol. The lowest BCUT2D eigenvalue weighted by Gasteiger charge is -2.11. The van der Waals surface area contributed by atoms with Crippen molar-refractivity contribution in [1.29, 1.82) is 5.26 Å². The molecule has 1 aromatic carbocycles. The van der Waals surface area contributed by atoms with E-state index in [1.807, 2.05) is 0 Å². The molecule has 108 valence electrons. The molecular formula is C13H14F3N3O. The SMILES string of the molecule is N#Cc1cc(C(F)(F)F)ccc1NCCCCC(N)=O. The van der Waals surface area contributed by atoms with Crippen molar-refractivity contribution in [3.63, 3.8) is 0 Å². The zero-order valence-corrected chi connectivity index (χ0v) is 10.6. The molecule has 0 unspecified atom stereocenters. The van der Waals surface area contributed by atoms with E-state index in [2.05, 4.69) is 5.32 Å². The van der Waals surface area contributed by atoms with Crippen LogP contribution in [-0.4, -0.2) is 12.5 Å². The molecule has 1 amide bonds. The molecule has 0 spiro atoms. The lowest BCUT2D eigenvalue weighted by Crippen LogP contribution is -2.11. The second-order valence-electron chi connectivity index (χ2n) is 4.22. The van der Waals surface area contributed by atoms with E-state index in [0.29, 0.717) is 25.1 Å². The van der Waals surface area contributed by atoms with Crippen LogP contribution >= 0.6 is 0 Å². The molecule has 0 heterocycles. The summed E-state index contributed by atoms with van der Waals surface area (Å²) in [6.07, 6.45) is -2.98. The topological polar surface area (TPSA) is 78.9 Å². The Morgan fingerprint density at radius 1 is 1.35 bits per heavy atom. The molecule has 0 fully saturated rings. The Morgan fingerprint density at radius 3 is 2.60 bits per heavy atom. The Hall–Kier alpha value is -2.23. The van der Waals surface area contributed by atoms with Crippen molar-refractivity contribution in [3.05, 3.63) is 29.3 Å². The van der Waals surface area contributed by atoms with Gasteiger partial charge in [0.05, 0.1) is 16.8 Å². The molecule has 0 aliphatic rings. The van der Waals surface area contributed by atoms with E-state index in [0.717, 1.165) is 12.1 Å². The third kappa shape index (κ3) is 4.80. The Kier molecular flexibility index (Phi) is 5.38. The average Bonchev–Trinajstić information content (AvgIpc) is 2.36. The fraction of sp³-hybridized carbons (Fsp3) is 0.385. The van der Waals surface area contributed by atoms with E-state index in [1.54, 1.807) is 6.07 Å². The van der Waals surface area contributed by atoms with Gasteiger partial charge in [0.15, 0.2) is 0 Å². The van der Waals surface area contributed by atoms with Gasteiger partial charge in [-0.3, -0.25) is 4.79 Å². The van der Waals surface area contributed by atoms with Gasteiger partial charge in [0.1, 0.15) is 6.07 Å². The van der Waals surface area contributed by atoms with Crippen LogP contribution in [0.4, 0.5) is 18.9 Å². The predicted octanol–water partition coefficient (Wildman–Crippen LogP) is 2.64. The van der Waals surface area contributed by atoms with E-state index >= 15 is 0 Å². The largest absolute Gasteiger partial charge is 0.416 e. The number of carbonyl (C=O) groups is 1. The maximum absolute atomic E-state index is 12.5. The van der Waals surface area contributed by atoms with Crippen molar-refractivity contribution in [1.82, 2.24) is 0 Å². The molecule has 1 rings (SSSR count). The number of alkyl halides is 3. The third-order valence-corrected chi connectivity index (χ3v) is 2.63. The van der Waals surface area contributed by atoms with Crippen molar-refractivity contribution >= 4 is 11.6 Å². The number of nitrogens with two attached hydrogens (primary N) is 1. The van der Waals surface area contributed by atoms with Gasteiger partial charge in [0, 0.05) is 13.0 Å². The van der Waals surface area contributed by atoms with Crippen LogP contribution in [0.5, 0.6) is 0 Å². The van der Waals surface area contributed by atoms with E-state index in [-0.39, 0.29) is 12.0 Å². The number of nitriles is 1. The summed E-state index contributed by atoms with van der Waals surface area (Å²) >= 11 is 0. The number of benzene rings is 1. The molecule has 0 aliphatic carbocycles. The van der Waals surface area contributed by atoms with E-state index < -0.39 is 17.6 Å². The van der Waals surface area contributed by atoms with Crippen LogP contribution in [-0.2, 0) is 11.0 Å². The highest BCUT2D eigenvalue weighted by molar-refractivity contribution is 5.73. The van der Waals surface area contributed by atoms with E-state index in [9.17, 15) is 18.0 Å². The van der Waals surface area contributed by atoms with Crippen molar-refractivity contribution in [2.45, 2.75) is 25.4 Å². The quantitative estimate of drug-likeness (QED) is 0.789. The van der Waals surface area contributed by atoms with Crippen LogP contribution in [0, 0.1) is 11.3 Å². The number of amides is 1. The normalized spacial score (nSPS) is 10.9. The number of hydrogen-bond acceptors (Lipinski definition) is 3. The van der Waals surface area contributed by atoms with Crippen LogP contribution in [0.3, 0.4) is 0 Å². The Labute approximate surface area is 114 Å². The molecule has 0 saturated heterocycles. The average molecular weight is 285 g/mol. The fourth-order valence-electron chi connectivity index (χ4n) is 1.61. The van der Waals surface area contributed by atoms with Crippen LogP contribution in [0.1, 0.15) is 30.4 Å². The number of hydrogen-bond donors (Lipinski definition) is 2. The molecule has 1 aromatic rings. The maximum atomic E-state index is 12.5. The number of rotatable bonds is 6. The van der Waals surface area contributed by atoms with Crippen LogP contribution in [0.25, 0.3) is 0 Å². The maximum Gasteiger partial charge on any atom is 0.416 e. The standard InChI is InChI=1S/C13H14F3N3O/c14-13(15,16)10-4-5-11(9(7-10)8-17)19-6-2-1-3-12(18)20/h4-5,7,19H,1-3,6H2,(H2,18,20). The summed E-state index contributed by atoms with van der Waals surface area (Å²) in [6.45, 7) is 0.452. The molecule has 0 aromatic heterocycles. The fourth-order valence-corrected chi connectivity index (χ4v) is 1.61. The summed E-state index contributed by atoms with van der Waals surface area (Å²) in [4.78, 5) is 10.5. The third-order valence-electron chi connectivity index (χ3n) is 2.63. The molecule has 3 N–H and O–H groups in total. The Bertz CT molecular complexity index is 521. The van der Waals surface area contributed by atoms with Gasteiger partial charge in [0.25, 0.3) is 0 Å². The van der Waals surface area contributed by atoms with Gasteiger partial charge in [-0.2, -0.15) is 18.4 Å². The van der Waals surface area contributed by atoms with Crippen LogP contribution in [0.15, 0.2) is 18.2 Å². The first kappa shape index (κ1) is 15.8. The highest BCUT2D eigenvalue weighted by Gasteiger charge is 2.30. The number of halogens is 3. The first-order valence-corrected chi connectivity index (χ1v) is 5.98. The van der Waals surface area contributed by atoms with E-state index in [1.165, 1.54) is 6.07 Å². The number of nitrogens with one attached hydrogen (secondary N) is 1. The van der Waals surface area contributed by atoms with Crippen LogP contribution in [0.2, 0.25) is 0 Å². The highest BCUT2D eigenvalue weighted by Crippen LogP contribution is 2.31. The molecular weight excluding hydrogens is 271 g/mol. The van der Waals surface area contributed by atoms with E-state index in [4.69, 9.17) is 11.0 Å². The molecule has 0 radical (unpaired) electrons. The second kappa shape index (κ2) is 6.80. The summed E-state index contributed by atoms with van der Waals surface area (Å²) in [5.41, 5.74) is 4.41. The Balaban J connectivity index is 2.63. The predicted molar refractivity (Wildman–Crippen MR) is 67.7 cm³/mol. The minimum absolute atomic E-state index is 0.0604. The summed E-state index contributed by atoms with van der Waals surface area (Å²) in [7, 11) is 0. The molecule has 0 bridgehead atoms. The summed E-state index contributed by atoms with van der Waals surface area (Å²) < 4.78 is 37.5. The van der Waals surface area contributed by atoms with Crippen molar-refractivity contribution in [2.24, 2.45) is 5.73 Å². The summed E-state index contributed by atoms with van der Waals surface area (Å²) in [6, 6.07) is 4.70. The first-order chi connectivity index (χ1) is 9.34. The minimum Gasteiger partial charge on any atom is -0.384 e. The van der Waals surface area contributed by atoms with Crippen LogP contribution < -0.4 is 11.1 Å². The molecule has 20 heavy (non-hydrogen) atoms. The molecule has 0 atom stereocenters. The van der Waals surface area contributed by atoms with Crippen molar-refractivity contribution in [3.8, 4) is 6.07 Å². The number of primary amides is 1. The number of anilines is 1. The highest BCUT2D eigenvalue weighted by atomic mass is 19.4. The second-order valence-corrected chi connectivity index (χ2v) is 4.22. The minimum atomic E-state index is -4.47. The van der Waals surface area contributed by atoms with Gasteiger partial charge in [0.2, 0.25) is 5.91 Å². The molecule has 0 saturated carbocycles. The smallest absolute Gasteiger partial charge is 0.384 e. The van der Waals surface area contributed by atoms with Gasteiger partial charge in [-0.05, 0) is 31.0 Å². The number of nitrogens with zero attached hydrogens (tertiary/aromatic N) is 1. The van der Waals surface area contributed by atoms with Crippen molar-refractivity contribution < 1.29 is 18.0 Å². The van der Waals surface area contributed by atoms with Gasteiger partial charge in [-0.25, -0.2) is 0 Å². The first-order valence-electron chi connectivity index (χ1n) is 5.98. The van der Waals surface area contributed by atoms with Gasteiger partial charge < -0.3 is 11.1 Å². The lowest BCUT2D eigenvalue weighted by atomic mass is 10.1. The van der Waals surface area contributed by atoms with Gasteiger partial charge in [-0.1, -0.05) is 0 Å². The molecule has 7 heteroatoms. The van der Waals surface area contributed by atoms with Crippen molar-refractivity contribution in [2.75, 3.05) is 11.9 Å². The summed E-state index contributed by atoms with van der Waals surface area (Å²) in [5, 5.41) is 11.7. The van der Waals surface area contributed by atoms with Gasteiger partial charge in [-0.15, -0.1) is 0 Å². The van der Waals surface area contributed by atoms with Gasteiger partial charge >= 0.3 is 6.18 Å². The zero-order chi connectivity index (χ0) is 15.2. The number of unbranched alkanes of at least 4 members (excludes halogenated alkanes) is 1. The molecule has 4 nitrogen and oxygen atoms in total. The summed E-state index contributed by atoms with van der Waals surface area (Å²) in [5.74, 6) is -0.391. The Morgan fingerprint density at radius 2 is 2.05 bits per heavy atom. The molecule has 0 aliphatic heterocycles.